The second-order valence-corrected chi connectivity index (χ2v) is 7.84. The van der Waals surface area contributed by atoms with E-state index in [1.54, 1.807) is 18.2 Å². The van der Waals surface area contributed by atoms with Crippen molar-refractivity contribution in [2.24, 2.45) is 0 Å². The number of rotatable bonds is 7. The van der Waals surface area contributed by atoms with Crippen LogP contribution in [0.15, 0.2) is 53.4 Å². The molecule has 1 heterocycles. The number of sulfonamides is 1. The molecule has 0 aliphatic carbocycles. The van der Waals surface area contributed by atoms with Gasteiger partial charge < -0.3 is 14.8 Å². The highest BCUT2D eigenvalue weighted by Crippen LogP contribution is 2.27. The molecule has 12 heteroatoms. The minimum atomic E-state index is -4.45. The molecule has 1 aliphatic heterocycles. The Balaban J connectivity index is 0.00000320. The molecule has 162 valence electrons. The van der Waals surface area contributed by atoms with Crippen molar-refractivity contribution in [1.82, 2.24) is 4.72 Å². The standard InChI is InChI=1S/C18H19N3O7S.ClH/c22-18(13-4-2-1-3-5-13)20-29(25,26)17-7-6-14(10-16(17)21(23)24)19-11-15-12-27-8-9-28-15;/h1-7,10,15,19H,8-9,11-12H2,(H,20,22);1H/t15-;/m1./s1. The zero-order valence-electron chi connectivity index (χ0n) is 15.6. The molecule has 10 nitrogen and oxygen atoms in total. The van der Waals surface area contributed by atoms with Crippen LogP contribution in [0, 0.1) is 10.1 Å². The molecule has 2 aromatic rings. The fraction of sp³-hybridized carbons (Fsp3) is 0.278. The van der Waals surface area contributed by atoms with Crippen molar-refractivity contribution >= 4 is 39.7 Å². The Morgan fingerprint density at radius 3 is 2.53 bits per heavy atom. The van der Waals surface area contributed by atoms with E-state index < -0.39 is 31.4 Å². The Hall–Kier alpha value is -2.73. The normalized spacial score (nSPS) is 16.2. The molecule has 1 fully saturated rings. The molecule has 1 amide bonds. The van der Waals surface area contributed by atoms with Gasteiger partial charge in [-0.15, -0.1) is 12.4 Å². The van der Waals surface area contributed by atoms with Crippen molar-refractivity contribution < 1.29 is 27.6 Å². The maximum Gasteiger partial charge on any atom is 0.291 e. The van der Waals surface area contributed by atoms with Crippen molar-refractivity contribution in [1.29, 1.82) is 0 Å². The van der Waals surface area contributed by atoms with Crippen LogP contribution in [0.3, 0.4) is 0 Å². The number of nitrogens with zero attached hydrogens (tertiary/aromatic N) is 1. The molecule has 2 N–H and O–H groups in total. The number of ether oxygens (including phenoxy) is 2. The van der Waals surface area contributed by atoms with Crippen molar-refractivity contribution in [2.45, 2.75) is 11.0 Å². The highest BCUT2D eigenvalue weighted by atomic mass is 35.5. The summed E-state index contributed by atoms with van der Waals surface area (Å²) >= 11 is 0. The minimum absolute atomic E-state index is 0. The van der Waals surface area contributed by atoms with E-state index in [1.165, 1.54) is 18.2 Å². The maximum atomic E-state index is 12.6. The molecular formula is C18H20ClN3O7S. The zero-order chi connectivity index (χ0) is 20.9. The van der Waals surface area contributed by atoms with Gasteiger partial charge >= 0.3 is 0 Å². The first kappa shape index (κ1) is 23.5. The molecule has 0 radical (unpaired) electrons. The number of nitro benzene ring substituents is 1. The largest absolute Gasteiger partial charge is 0.382 e. The topological polar surface area (TPSA) is 137 Å². The van der Waals surface area contributed by atoms with E-state index in [4.69, 9.17) is 9.47 Å². The summed E-state index contributed by atoms with van der Waals surface area (Å²) < 4.78 is 37.7. The van der Waals surface area contributed by atoms with Crippen molar-refractivity contribution in [3.05, 3.63) is 64.2 Å². The second kappa shape index (κ2) is 10.3. The Morgan fingerprint density at radius 2 is 1.90 bits per heavy atom. The summed E-state index contributed by atoms with van der Waals surface area (Å²) in [5.74, 6) is -0.878. The van der Waals surface area contributed by atoms with Gasteiger partial charge in [0, 0.05) is 23.9 Å². The van der Waals surface area contributed by atoms with Crippen molar-refractivity contribution in [3.63, 3.8) is 0 Å². The average molecular weight is 458 g/mol. The van der Waals surface area contributed by atoms with Gasteiger partial charge in [0.15, 0.2) is 4.90 Å². The minimum Gasteiger partial charge on any atom is -0.382 e. The molecule has 0 bridgehead atoms. The summed E-state index contributed by atoms with van der Waals surface area (Å²) in [7, 11) is -4.45. The summed E-state index contributed by atoms with van der Waals surface area (Å²) in [6.07, 6.45) is -0.212. The molecule has 2 aromatic carbocycles. The number of benzene rings is 2. The van der Waals surface area contributed by atoms with Crippen molar-refractivity contribution in [2.75, 3.05) is 31.7 Å². The van der Waals surface area contributed by atoms with Crippen molar-refractivity contribution in [3.8, 4) is 0 Å². The third-order valence-electron chi connectivity index (χ3n) is 4.13. The van der Waals surface area contributed by atoms with Gasteiger partial charge in [-0.1, -0.05) is 18.2 Å². The lowest BCUT2D eigenvalue weighted by atomic mass is 10.2. The van der Waals surface area contributed by atoms with Crippen LogP contribution in [0.5, 0.6) is 0 Å². The first-order valence-electron chi connectivity index (χ1n) is 8.70. The zero-order valence-corrected chi connectivity index (χ0v) is 17.3. The van der Waals surface area contributed by atoms with Crippen LogP contribution in [0.2, 0.25) is 0 Å². The molecule has 0 aromatic heterocycles. The molecule has 30 heavy (non-hydrogen) atoms. The lowest BCUT2D eigenvalue weighted by Gasteiger charge is -2.23. The summed E-state index contributed by atoms with van der Waals surface area (Å²) in [4.78, 5) is 22.2. The third-order valence-corrected chi connectivity index (χ3v) is 5.51. The first-order chi connectivity index (χ1) is 13.9. The Labute approximate surface area is 179 Å². The SMILES string of the molecule is Cl.O=C(NS(=O)(=O)c1ccc(NC[C@@H]2COCCO2)cc1[N+](=O)[O-])c1ccccc1. The number of halogens is 1. The average Bonchev–Trinajstić information content (AvgIpc) is 2.73. The predicted molar refractivity (Wildman–Crippen MR) is 110 cm³/mol. The molecule has 1 aliphatic rings. The van der Waals surface area contributed by atoms with E-state index in [0.717, 1.165) is 12.1 Å². The summed E-state index contributed by atoms with van der Waals surface area (Å²) in [5, 5.41) is 14.4. The molecule has 3 rings (SSSR count). The quantitative estimate of drug-likeness (QED) is 0.475. The molecule has 0 spiro atoms. The van der Waals surface area contributed by atoms with E-state index >= 15 is 0 Å². The number of carbonyl (C=O) groups is 1. The summed E-state index contributed by atoms with van der Waals surface area (Å²) in [6, 6.07) is 11.3. The number of carbonyl (C=O) groups excluding carboxylic acids is 1. The predicted octanol–water partition coefficient (Wildman–Crippen LogP) is 1.96. The fourth-order valence-corrected chi connectivity index (χ4v) is 3.84. The smallest absolute Gasteiger partial charge is 0.291 e. The monoisotopic (exact) mass is 457 g/mol. The fourth-order valence-electron chi connectivity index (χ4n) is 2.71. The van der Waals surface area contributed by atoms with E-state index in [2.05, 4.69) is 5.32 Å². The number of amides is 1. The Morgan fingerprint density at radius 1 is 1.17 bits per heavy atom. The van der Waals surface area contributed by atoms with Crippen LogP contribution in [-0.4, -0.2) is 51.7 Å². The van der Waals surface area contributed by atoms with E-state index in [9.17, 15) is 23.3 Å². The van der Waals surface area contributed by atoms with Gasteiger partial charge in [0.1, 0.15) is 0 Å². The maximum absolute atomic E-state index is 12.6. The molecule has 0 saturated carbocycles. The molecule has 1 saturated heterocycles. The van der Waals surface area contributed by atoms with Crippen LogP contribution >= 0.6 is 12.4 Å². The van der Waals surface area contributed by atoms with Crippen LogP contribution in [0.4, 0.5) is 11.4 Å². The highest BCUT2D eigenvalue weighted by molar-refractivity contribution is 7.90. The van der Waals surface area contributed by atoms with Gasteiger partial charge in [-0.25, -0.2) is 13.1 Å². The van der Waals surface area contributed by atoms with Gasteiger partial charge in [-0.2, -0.15) is 0 Å². The van der Waals surface area contributed by atoms with Crippen LogP contribution in [0.1, 0.15) is 10.4 Å². The number of nitrogens with one attached hydrogen (secondary N) is 2. The van der Waals surface area contributed by atoms with E-state index in [0.29, 0.717) is 32.1 Å². The second-order valence-electron chi connectivity index (χ2n) is 6.19. The molecule has 0 unspecified atom stereocenters. The third kappa shape index (κ3) is 5.89. The summed E-state index contributed by atoms with van der Waals surface area (Å²) in [5.41, 5.74) is -0.185. The van der Waals surface area contributed by atoms with Gasteiger partial charge in [-0.05, 0) is 24.3 Å². The Bertz CT molecular complexity index is 996. The Kier molecular flexibility index (Phi) is 8.12. The van der Waals surface area contributed by atoms with E-state index in [1.807, 2.05) is 4.72 Å². The highest BCUT2D eigenvalue weighted by Gasteiger charge is 2.28. The van der Waals surface area contributed by atoms with Crippen LogP contribution in [-0.2, 0) is 19.5 Å². The van der Waals surface area contributed by atoms with Crippen LogP contribution in [0.25, 0.3) is 0 Å². The molecular weight excluding hydrogens is 438 g/mol. The molecule has 1 atom stereocenters. The first-order valence-corrected chi connectivity index (χ1v) is 10.2. The van der Waals surface area contributed by atoms with Crippen LogP contribution < -0.4 is 10.0 Å². The van der Waals surface area contributed by atoms with Gasteiger partial charge in [-0.3, -0.25) is 14.9 Å². The van der Waals surface area contributed by atoms with Gasteiger partial charge in [0.05, 0.1) is 30.8 Å². The lowest BCUT2D eigenvalue weighted by Crippen LogP contribution is -2.34. The van der Waals surface area contributed by atoms with Gasteiger partial charge in [0.2, 0.25) is 0 Å². The summed E-state index contributed by atoms with van der Waals surface area (Å²) in [6.45, 7) is 1.72. The number of anilines is 1. The van der Waals surface area contributed by atoms with Gasteiger partial charge in [0.25, 0.3) is 21.6 Å². The number of hydrogen-bond donors (Lipinski definition) is 2. The lowest BCUT2D eigenvalue weighted by molar-refractivity contribution is -0.387. The number of nitro groups is 1. The number of hydrogen-bond acceptors (Lipinski definition) is 8. The van der Waals surface area contributed by atoms with E-state index in [-0.39, 0.29) is 24.1 Å².